The summed E-state index contributed by atoms with van der Waals surface area (Å²) in [7, 11) is 1.69. The number of methoxy groups -OCH3 is 1. The number of ether oxygens (including phenoxy) is 1. The van der Waals surface area contributed by atoms with Crippen LogP contribution < -0.4 is 9.64 Å². The molecule has 1 unspecified atom stereocenters. The van der Waals surface area contributed by atoms with Crippen LogP contribution in [0.3, 0.4) is 0 Å². The predicted molar refractivity (Wildman–Crippen MR) is 252 cm³/mol. The van der Waals surface area contributed by atoms with Crippen LogP contribution in [0.15, 0.2) is 194 Å². The molecule has 0 fully saturated rings. The summed E-state index contributed by atoms with van der Waals surface area (Å²) in [5, 5.41) is 0. The molecule has 0 aliphatic heterocycles. The van der Waals surface area contributed by atoms with E-state index >= 15 is 0 Å². The number of aryl methyl sites for hydroxylation is 3. The van der Waals surface area contributed by atoms with E-state index < -0.39 is 0 Å². The topological polar surface area (TPSA) is 12.5 Å². The molecule has 8 rings (SSSR count). The molecule has 0 aromatic heterocycles. The monoisotopic (exact) mass is 763 g/mol. The van der Waals surface area contributed by atoms with Crippen LogP contribution in [0.5, 0.6) is 5.75 Å². The van der Waals surface area contributed by atoms with Crippen LogP contribution in [-0.2, 0) is 0 Å². The van der Waals surface area contributed by atoms with Crippen molar-refractivity contribution in [2.75, 3.05) is 12.0 Å². The second-order valence-corrected chi connectivity index (χ2v) is 15.2. The van der Waals surface area contributed by atoms with Gasteiger partial charge in [-0.05, 0) is 131 Å². The Labute approximate surface area is 350 Å². The number of anilines is 3. The third kappa shape index (κ3) is 9.20. The molecule has 8 aromatic carbocycles. The van der Waals surface area contributed by atoms with Crippen molar-refractivity contribution in [3.05, 3.63) is 250 Å². The second-order valence-electron chi connectivity index (χ2n) is 15.2. The van der Waals surface area contributed by atoms with Gasteiger partial charge in [-0.25, -0.2) is 0 Å². The van der Waals surface area contributed by atoms with Gasteiger partial charge in [0.15, 0.2) is 0 Å². The van der Waals surface area contributed by atoms with Crippen LogP contribution in [0.2, 0.25) is 0 Å². The maximum atomic E-state index is 5.31. The van der Waals surface area contributed by atoms with Gasteiger partial charge >= 0.3 is 0 Å². The Bertz CT molecular complexity index is 2670. The zero-order chi connectivity index (χ0) is 40.6. The van der Waals surface area contributed by atoms with Crippen molar-refractivity contribution in [1.82, 2.24) is 0 Å². The summed E-state index contributed by atoms with van der Waals surface area (Å²) < 4.78 is 5.31. The maximum absolute atomic E-state index is 5.31. The molecule has 59 heavy (non-hydrogen) atoms. The summed E-state index contributed by atoms with van der Waals surface area (Å²) in [6, 6.07) is 69.9. The van der Waals surface area contributed by atoms with E-state index in [1.165, 1.54) is 55.6 Å². The van der Waals surface area contributed by atoms with Gasteiger partial charge in [-0.1, -0.05) is 175 Å². The maximum Gasteiger partial charge on any atom is 0.118 e. The molecule has 2 heteroatoms. The standard InChI is InChI=1S/C57H49NO/c1-41-15-17-44(18-16-41)19-20-45-23-29-49(30-24-45)57(48-11-7-5-8-12-48)55-37-31-50(39-42(55)2)51-32-38-56(43(3)40-51)58(52-13-9-6-10-14-52)53-33-25-46(26-34-53)21-22-47-27-35-54(59-4)36-28-47/h5-40,57H,1-4H3. The third-order valence-corrected chi connectivity index (χ3v) is 11.0. The van der Waals surface area contributed by atoms with Gasteiger partial charge in [0.25, 0.3) is 0 Å². The Hall–Kier alpha value is -7.16. The highest BCUT2D eigenvalue weighted by Crippen LogP contribution is 2.40. The zero-order valence-electron chi connectivity index (χ0n) is 34.2. The number of hydrogen-bond acceptors (Lipinski definition) is 2. The van der Waals surface area contributed by atoms with E-state index in [4.69, 9.17) is 4.74 Å². The van der Waals surface area contributed by atoms with Gasteiger partial charge in [-0.2, -0.15) is 0 Å². The first-order valence-electron chi connectivity index (χ1n) is 20.3. The zero-order valence-corrected chi connectivity index (χ0v) is 34.2. The first-order chi connectivity index (χ1) is 28.9. The first-order valence-corrected chi connectivity index (χ1v) is 20.3. The molecule has 2 nitrogen and oxygen atoms in total. The minimum atomic E-state index is 0.119. The molecule has 0 amide bonds. The summed E-state index contributed by atoms with van der Waals surface area (Å²) >= 11 is 0. The molecule has 0 aliphatic carbocycles. The van der Waals surface area contributed by atoms with E-state index in [1.54, 1.807) is 7.11 Å². The van der Waals surface area contributed by atoms with Crippen molar-refractivity contribution in [2.24, 2.45) is 0 Å². The quantitative estimate of drug-likeness (QED) is 0.0908. The lowest BCUT2D eigenvalue weighted by molar-refractivity contribution is 0.415. The Morgan fingerprint density at radius 1 is 0.424 bits per heavy atom. The number of para-hydroxylation sites is 1. The Morgan fingerprint density at radius 3 is 1.42 bits per heavy atom. The third-order valence-electron chi connectivity index (χ3n) is 11.0. The van der Waals surface area contributed by atoms with Crippen molar-refractivity contribution in [3.63, 3.8) is 0 Å². The van der Waals surface area contributed by atoms with Gasteiger partial charge in [0.1, 0.15) is 5.75 Å². The van der Waals surface area contributed by atoms with Crippen molar-refractivity contribution in [3.8, 4) is 16.9 Å². The fourth-order valence-corrected chi connectivity index (χ4v) is 7.78. The summed E-state index contributed by atoms with van der Waals surface area (Å²) in [5.41, 5.74) is 18.1. The minimum absolute atomic E-state index is 0.119. The van der Waals surface area contributed by atoms with E-state index in [9.17, 15) is 0 Å². The lowest BCUT2D eigenvalue weighted by Crippen LogP contribution is -2.11. The van der Waals surface area contributed by atoms with Crippen molar-refractivity contribution < 1.29 is 4.74 Å². The Kier molecular flexibility index (Phi) is 11.8. The summed E-state index contributed by atoms with van der Waals surface area (Å²) in [4.78, 5) is 2.35. The highest BCUT2D eigenvalue weighted by atomic mass is 16.5. The fraction of sp³-hybridized carbons (Fsp3) is 0.0877. The lowest BCUT2D eigenvalue weighted by Gasteiger charge is -2.27. The molecule has 0 saturated carbocycles. The van der Waals surface area contributed by atoms with Gasteiger partial charge in [0.05, 0.1) is 7.11 Å². The van der Waals surface area contributed by atoms with Crippen LogP contribution in [0.25, 0.3) is 35.4 Å². The molecular formula is C57H49NO. The normalized spacial score (nSPS) is 11.9. The van der Waals surface area contributed by atoms with Gasteiger partial charge in [0.2, 0.25) is 0 Å². The average Bonchev–Trinajstić information content (AvgIpc) is 3.28. The molecular weight excluding hydrogens is 715 g/mol. The number of rotatable bonds is 12. The van der Waals surface area contributed by atoms with E-state index in [0.29, 0.717) is 0 Å². The van der Waals surface area contributed by atoms with E-state index in [1.807, 2.05) is 12.1 Å². The molecule has 1 atom stereocenters. The van der Waals surface area contributed by atoms with Crippen LogP contribution in [-0.4, -0.2) is 7.11 Å². The van der Waals surface area contributed by atoms with Crippen LogP contribution >= 0.6 is 0 Å². The molecule has 0 aliphatic rings. The summed E-state index contributed by atoms with van der Waals surface area (Å²) in [6.07, 6.45) is 8.65. The lowest BCUT2D eigenvalue weighted by atomic mass is 9.82. The van der Waals surface area contributed by atoms with Crippen LogP contribution in [0.1, 0.15) is 61.6 Å². The first kappa shape index (κ1) is 38.7. The smallest absolute Gasteiger partial charge is 0.118 e. The van der Waals surface area contributed by atoms with Crippen LogP contribution in [0, 0.1) is 20.8 Å². The minimum Gasteiger partial charge on any atom is -0.497 e. The number of benzene rings is 8. The molecule has 288 valence electrons. The van der Waals surface area contributed by atoms with Crippen molar-refractivity contribution >= 4 is 41.4 Å². The Balaban J connectivity index is 1.06. The molecule has 0 N–H and O–H groups in total. The van der Waals surface area contributed by atoms with Crippen LogP contribution in [0.4, 0.5) is 17.1 Å². The SMILES string of the molecule is COc1ccc(C=Cc2ccc(N(c3ccccc3)c3ccc(-c4ccc(C(c5ccccc5)c5ccc(C=Cc6ccc(C)cc6)cc5)c(C)c4)cc3C)cc2)cc1. The predicted octanol–water partition coefficient (Wildman–Crippen LogP) is 15.3. The second kappa shape index (κ2) is 18.0. The highest BCUT2D eigenvalue weighted by molar-refractivity contribution is 5.82. The number of hydrogen-bond donors (Lipinski definition) is 0. The molecule has 0 radical (unpaired) electrons. The molecule has 0 heterocycles. The van der Waals surface area contributed by atoms with E-state index in [2.05, 4.69) is 232 Å². The largest absolute Gasteiger partial charge is 0.497 e. The van der Waals surface area contributed by atoms with Gasteiger partial charge in [-0.3, -0.25) is 0 Å². The molecule has 0 saturated heterocycles. The molecule has 0 spiro atoms. The Morgan fingerprint density at radius 2 is 0.881 bits per heavy atom. The number of nitrogens with zero attached hydrogens (tertiary/aromatic N) is 1. The van der Waals surface area contributed by atoms with Gasteiger partial charge < -0.3 is 9.64 Å². The molecule has 8 aromatic rings. The van der Waals surface area contributed by atoms with Crippen molar-refractivity contribution in [2.45, 2.75) is 26.7 Å². The fourth-order valence-electron chi connectivity index (χ4n) is 7.78. The summed E-state index contributed by atoms with van der Waals surface area (Å²) in [6.45, 7) is 6.59. The average molecular weight is 764 g/mol. The summed E-state index contributed by atoms with van der Waals surface area (Å²) in [5.74, 6) is 0.977. The van der Waals surface area contributed by atoms with E-state index in [-0.39, 0.29) is 5.92 Å². The van der Waals surface area contributed by atoms with Gasteiger partial charge in [-0.15, -0.1) is 0 Å². The van der Waals surface area contributed by atoms with Gasteiger partial charge in [0, 0.05) is 23.0 Å². The highest BCUT2D eigenvalue weighted by Gasteiger charge is 2.20. The van der Waals surface area contributed by atoms with E-state index in [0.717, 1.165) is 33.9 Å². The van der Waals surface area contributed by atoms with Crippen molar-refractivity contribution in [1.29, 1.82) is 0 Å². The molecule has 0 bridgehead atoms.